The normalized spacial score (nSPS) is 20.5. The topological polar surface area (TPSA) is 12.4 Å². The molecule has 2 aromatic carbocycles. The Labute approximate surface area is 162 Å². The highest BCUT2D eigenvalue weighted by molar-refractivity contribution is 7.78. The molecule has 1 aliphatic carbocycles. The van der Waals surface area contributed by atoms with Crippen molar-refractivity contribution in [1.29, 1.82) is 0 Å². The first-order valence-corrected chi connectivity index (χ1v) is 10.1. The van der Waals surface area contributed by atoms with E-state index in [1.165, 1.54) is 54.4 Å². The Morgan fingerprint density at radius 3 is 2.27 bits per heavy atom. The highest BCUT2D eigenvalue weighted by Gasteiger charge is 2.20. The molecule has 0 aromatic heterocycles. The molecule has 134 valence electrons. The van der Waals surface area contributed by atoms with Gasteiger partial charge >= 0.3 is 0 Å². The standard InChI is InChI=1S/C24H27NS/c1-3-19-4-8-22(9-5-19)23-10-6-20(7-11-23)16-18(2)21-12-14-24(15-13-21)25-17-26/h6-7,10-16,19,22H,3-5,8-9H2,1-2H3/b18-16+. The number of hydrogen-bond donors (Lipinski definition) is 0. The third-order valence-corrected chi connectivity index (χ3v) is 5.80. The van der Waals surface area contributed by atoms with Crippen LogP contribution in [-0.4, -0.2) is 5.16 Å². The highest BCUT2D eigenvalue weighted by Crippen LogP contribution is 2.37. The van der Waals surface area contributed by atoms with Crippen molar-refractivity contribution >= 4 is 34.7 Å². The van der Waals surface area contributed by atoms with E-state index in [1.807, 2.05) is 12.1 Å². The number of aliphatic imine (C=N–C) groups is 1. The molecule has 3 rings (SSSR count). The number of hydrogen-bond acceptors (Lipinski definition) is 2. The molecule has 0 N–H and O–H groups in total. The zero-order valence-corrected chi connectivity index (χ0v) is 16.6. The number of rotatable bonds is 5. The first kappa shape index (κ1) is 18.8. The monoisotopic (exact) mass is 361 g/mol. The van der Waals surface area contributed by atoms with Crippen LogP contribution in [0.2, 0.25) is 0 Å². The van der Waals surface area contributed by atoms with Gasteiger partial charge in [0.25, 0.3) is 0 Å². The smallest absolute Gasteiger partial charge is 0.0739 e. The molecule has 1 aliphatic rings. The van der Waals surface area contributed by atoms with Crippen LogP contribution in [0.25, 0.3) is 11.6 Å². The van der Waals surface area contributed by atoms with Gasteiger partial charge in [-0.1, -0.05) is 55.8 Å². The number of isothiocyanates is 1. The number of thiocarbonyl (C=S) groups is 1. The van der Waals surface area contributed by atoms with Crippen LogP contribution in [0.1, 0.15) is 68.6 Å². The fourth-order valence-corrected chi connectivity index (χ4v) is 4.06. The summed E-state index contributed by atoms with van der Waals surface area (Å²) < 4.78 is 0. The predicted octanol–water partition coefficient (Wildman–Crippen LogP) is 7.67. The lowest BCUT2D eigenvalue weighted by Crippen LogP contribution is -2.12. The van der Waals surface area contributed by atoms with Gasteiger partial charge in [0.2, 0.25) is 0 Å². The minimum Gasteiger partial charge on any atom is -0.195 e. The SMILES string of the molecule is CCC1CCC(c2ccc(/C=C(\C)c3ccc(N=C=S)cc3)cc2)CC1. The van der Waals surface area contributed by atoms with E-state index in [0.29, 0.717) is 0 Å². The third-order valence-electron chi connectivity index (χ3n) is 5.71. The Kier molecular flexibility index (Phi) is 6.55. The van der Waals surface area contributed by atoms with Gasteiger partial charge in [0.05, 0.1) is 10.8 Å². The summed E-state index contributed by atoms with van der Waals surface area (Å²) in [5.41, 5.74) is 6.07. The summed E-state index contributed by atoms with van der Waals surface area (Å²) in [5, 5.41) is 2.40. The first-order chi connectivity index (χ1) is 12.7. The van der Waals surface area contributed by atoms with Crippen LogP contribution in [0.4, 0.5) is 5.69 Å². The zero-order chi connectivity index (χ0) is 18.4. The van der Waals surface area contributed by atoms with Crippen LogP contribution >= 0.6 is 12.2 Å². The molecule has 0 saturated heterocycles. The molecule has 0 heterocycles. The summed E-state index contributed by atoms with van der Waals surface area (Å²) in [6, 6.07) is 17.3. The van der Waals surface area contributed by atoms with Gasteiger partial charge in [0.1, 0.15) is 0 Å². The lowest BCUT2D eigenvalue weighted by atomic mass is 9.78. The van der Waals surface area contributed by atoms with Gasteiger partial charge in [0.15, 0.2) is 0 Å². The average molecular weight is 362 g/mol. The Hall–Kier alpha value is -2.02. The highest BCUT2D eigenvalue weighted by atomic mass is 32.1. The van der Waals surface area contributed by atoms with Crippen molar-refractivity contribution in [3.05, 3.63) is 65.2 Å². The predicted molar refractivity (Wildman–Crippen MR) is 116 cm³/mol. The van der Waals surface area contributed by atoms with Gasteiger partial charge in [-0.3, -0.25) is 0 Å². The number of nitrogens with zero attached hydrogens (tertiary/aromatic N) is 1. The van der Waals surface area contributed by atoms with Crippen molar-refractivity contribution in [1.82, 2.24) is 0 Å². The lowest BCUT2D eigenvalue weighted by molar-refractivity contribution is 0.319. The van der Waals surface area contributed by atoms with E-state index in [4.69, 9.17) is 0 Å². The molecule has 26 heavy (non-hydrogen) atoms. The van der Waals surface area contributed by atoms with Crippen LogP contribution in [0.15, 0.2) is 53.5 Å². The summed E-state index contributed by atoms with van der Waals surface area (Å²) in [6.07, 6.45) is 9.08. The van der Waals surface area contributed by atoms with E-state index in [1.54, 1.807) is 0 Å². The molecule has 0 radical (unpaired) electrons. The third kappa shape index (κ3) is 4.78. The second kappa shape index (κ2) is 9.07. The Morgan fingerprint density at radius 1 is 1.04 bits per heavy atom. The van der Waals surface area contributed by atoms with Crippen LogP contribution in [0.5, 0.6) is 0 Å². The number of allylic oxidation sites excluding steroid dienone is 1. The van der Waals surface area contributed by atoms with Gasteiger partial charge in [-0.25, -0.2) is 0 Å². The van der Waals surface area contributed by atoms with Crippen LogP contribution in [0.3, 0.4) is 0 Å². The van der Waals surface area contributed by atoms with Crippen molar-refractivity contribution in [2.24, 2.45) is 10.9 Å². The fourth-order valence-electron chi connectivity index (χ4n) is 3.95. The molecule has 1 saturated carbocycles. The van der Waals surface area contributed by atoms with E-state index in [0.717, 1.165) is 17.5 Å². The molecule has 0 bridgehead atoms. The van der Waals surface area contributed by atoms with E-state index in [-0.39, 0.29) is 0 Å². The Balaban J connectivity index is 1.68. The molecule has 0 atom stereocenters. The van der Waals surface area contributed by atoms with Crippen molar-refractivity contribution in [2.45, 2.75) is 51.9 Å². The lowest BCUT2D eigenvalue weighted by Gasteiger charge is -2.28. The molecule has 0 spiro atoms. The van der Waals surface area contributed by atoms with Gasteiger partial charge in [-0.05, 0) is 91.1 Å². The van der Waals surface area contributed by atoms with Crippen LogP contribution < -0.4 is 0 Å². The molecule has 1 nitrogen and oxygen atoms in total. The first-order valence-electron chi connectivity index (χ1n) is 9.66. The zero-order valence-electron chi connectivity index (χ0n) is 15.7. The fraction of sp³-hybridized carbons (Fsp3) is 0.375. The summed E-state index contributed by atoms with van der Waals surface area (Å²) in [4.78, 5) is 4.00. The van der Waals surface area contributed by atoms with Crippen molar-refractivity contribution in [2.75, 3.05) is 0 Å². The van der Waals surface area contributed by atoms with Crippen molar-refractivity contribution in [3.8, 4) is 0 Å². The minimum absolute atomic E-state index is 0.756. The molecule has 2 heteroatoms. The molecule has 0 amide bonds. The van der Waals surface area contributed by atoms with E-state index in [2.05, 4.69) is 78.7 Å². The maximum Gasteiger partial charge on any atom is 0.0739 e. The van der Waals surface area contributed by atoms with E-state index >= 15 is 0 Å². The maximum absolute atomic E-state index is 4.65. The van der Waals surface area contributed by atoms with Gasteiger partial charge < -0.3 is 0 Å². The van der Waals surface area contributed by atoms with Crippen LogP contribution in [0, 0.1) is 5.92 Å². The van der Waals surface area contributed by atoms with E-state index in [9.17, 15) is 0 Å². The second-order valence-corrected chi connectivity index (χ2v) is 7.55. The maximum atomic E-state index is 4.65. The Bertz CT molecular complexity index is 787. The molecular weight excluding hydrogens is 334 g/mol. The van der Waals surface area contributed by atoms with Gasteiger partial charge in [-0.2, -0.15) is 4.99 Å². The van der Waals surface area contributed by atoms with Gasteiger partial charge in [-0.15, -0.1) is 0 Å². The molecule has 0 aliphatic heterocycles. The summed E-state index contributed by atoms with van der Waals surface area (Å²) in [6.45, 7) is 4.48. The number of benzene rings is 2. The Morgan fingerprint density at radius 2 is 1.69 bits per heavy atom. The summed E-state index contributed by atoms with van der Waals surface area (Å²) in [7, 11) is 0. The molecule has 0 unspecified atom stereocenters. The second-order valence-electron chi connectivity index (χ2n) is 7.37. The van der Waals surface area contributed by atoms with Crippen LogP contribution in [-0.2, 0) is 0 Å². The summed E-state index contributed by atoms with van der Waals surface area (Å²) >= 11 is 4.65. The molecule has 2 aromatic rings. The summed E-state index contributed by atoms with van der Waals surface area (Å²) in [5.74, 6) is 1.71. The van der Waals surface area contributed by atoms with Crippen molar-refractivity contribution in [3.63, 3.8) is 0 Å². The van der Waals surface area contributed by atoms with E-state index < -0.39 is 0 Å². The molecule has 1 fully saturated rings. The molecular formula is C24H27NS. The minimum atomic E-state index is 0.756. The average Bonchev–Trinajstić information content (AvgIpc) is 2.69. The quantitative estimate of drug-likeness (QED) is 0.302. The van der Waals surface area contributed by atoms with Gasteiger partial charge in [0, 0.05) is 0 Å². The largest absolute Gasteiger partial charge is 0.195 e. The van der Waals surface area contributed by atoms with Crippen molar-refractivity contribution < 1.29 is 0 Å².